The number of nitrogens with one attached hydrogen (secondary N) is 1. The largest absolute Gasteiger partial charge is 0.352 e. The summed E-state index contributed by atoms with van der Waals surface area (Å²) >= 11 is 0. The van der Waals surface area contributed by atoms with Gasteiger partial charge in [-0.3, -0.25) is 0 Å². The molecule has 2 heterocycles. The van der Waals surface area contributed by atoms with Gasteiger partial charge in [0.05, 0.1) is 0 Å². The average molecular weight is 249 g/mol. The van der Waals surface area contributed by atoms with E-state index in [1.807, 2.05) is 0 Å². The minimum atomic E-state index is 0.867. The van der Waals surface area contributed by atoms with Crippen molar-refractivity contribution in [2.24, 2.45) is 13.0 Å². The molecule has 0 spiro atoms. The number of aryl methyl sites for hydroxylation is 1. The summed E-state index contributed by atoms with van der Waals surface area (Å²) in [5, 5.41) is 3.64. The quantitative estimate of drug-likeness (QED) is 0.881. The van der Waals surface area contributed by atoms with Gasteiger partial charge in [0.2, 0.25) is 0 Å². The topological polar surface area (TPSA) is 20.2 Å². The zero-order valence-corrected chi connectivity index (χ0v) is 12.3. The van der Waals surface area contributed by atoms with Crippen molar-refractivity contribution in [1.29, 1.82) is 0 Å². The second-order valence-corrected chi connectivity index (χ2v) is 5.83. The molecule has 0 bridgehead atoms. The molecule has 1 saturated heterocycles. The Labute approximate surface area is 111 Å². The highest BCUT2D eigenvalue weighted by Crippen LogP contribution is 2.16. The smallest absolute Gasteiger partial charge is 0.0223 e. The molecule has 0 saturated carbocycles. The fourth-order valence-electron chi connectivity index (χ4n) is 2.79. The first-order valence-electron chi connectivity index (χ1n) is 7.09. The van der Waals surface area contributed by atoms with Gasteiger partial charge in [-0.2, -0.15) is 0 Å². The molecular weight excluding hydrogens is 222 g/mol. The highest BCUT2D eigenvalue weighted by molar-refractivity contribution is 5.26. The minimum absolute atomic E-state index is 0.867. The van der Waals surface area contributed by atoms with Crippen LogP contribution in [-0.4, -0.2) is 36.1 Å². The van der Waals surface area contributed by atoms with E-state index in [0.29, 0.717) is 0 Å². The Bertz CT molecular complexity index is 387. The van der Waals surface area contributed by atoms with Crippen LogP contribution in [0.4, 0.5) is 0 Å². The van der Waals surface area contributed by atoms with Gasteiger partial charge in [0, 0.05) is 25.0 Å². The Kier molecular flexibility index (Phi) is 4.46. The van der Waals surface area contributed by atoms with Crippen LogP contribution in [0.15, 0.2) is 6.07 Å². The van der Waals surface area contributed by atoms with E-state index >= 15 is 0 Å². The van der Waals surface area contributed by atoms with E-state index in [4.69, 9.17) is 0 Å². The average Bonchev–Trinajstić information content (AvgIpc) is 2.60. The number of rotatable bonds is 4. The molecule has 0 unspecified atom stereocenters. The van der Waals surface area contributed by atoms with E-state index in [1.165, 1.54) is 49.4 Å². The summed E-state index contributed by atoms with van der Waals surface area (Å²) < 4.78 is 2.27. The number of piperidine rings is 1. The number of likely N-dealkylation sites (tertiary alicyclic amines) is 1. The summed E-state index contributed by atoms with van der Waals surface area (Å²) in [5.74, 6) is 0.867. The number of hydrogen-bond acceptors (Lipinski definition) is 2. The van der Waals surface area contributed by atoms with Crippen molar-refractivity contribution >= 4 is 0 Å². The van der Waals surface area contributed by atoms with Gasteiger partial charge in [0.25, 0.3) is 0 Å². The lowest BCUT2D eigenvalue weighted by Gasteiger charge is -2.29. The first kappa shape index (κ1) is 13.6. The second-order valence-electron chi connectivity index (χ2n) is 5.83. The molecule has 3 nitrogen and oxygen atoms in total. The van der Waals surface area contributed by atoms with E-state index in [0.717, 1.165) is 12.5 Å². The van der Waals surface area contributed by atoms with Crippen LogP contribution in [0.1, 0.15) is 29.8 Å². The summed E-state index contributed by atoms with van der Waals surface area (Å²) in [5.41, 5.74) is 4.19. The van der Waals surface area contributed by atoms with Crippen molar-refractivity contribution in [2.75, 3.05) is 26.7 Å². The lowest BCUT2D eigenvalue weighted by Crippen LogP contribution is -2.34. The predicted octanol–water partition coefficient (Wildman–Crippen LogP) is 2.07. The van der Waals surface area contributed by atoms with Crippen molar-refractivity contribution in [3.63, 3.8) is 0 Å². The maximum absolute atomic E-state index is 3.64. The second kappa shape index (κ2) is 5.89. The maximum Gasteiger partial charge on any atom is 0.0223 e. The van der Waals surface area contributed by atoms with Crippen LogP contribution >= 0.6 is 0 Å². The highest BCUT2D eigenvalue weighted by atomic mass is 15.1. The standard InChI is InChI=1S/C15H27N3/c1-12-9-15(13(2)18(12)4)11-16-10-14-5-7-17(3)8-6-14/h9,14,16H,5-8,10-11H2,1-4H3. The summed E-state index contributed by atoms with van der Waals surface area (Å²) in [6, 6.07) is 2.30. The molecule has 0 atom stereocenters. The molecule has 1 aromatic heterocycles. The highest BCUT2D eigenvalue weighted by Gasteiger charge is 2.16. The third kappa shape index (κ3) is 3.15. The third-order valence-electron chi connectivity index (χ3n) is 4.47. The molecule has 3 heteroatoms. The molecule has 1 N–H and O–H groups in total. The van der Waals surface area contributed by atoms with Gasteiger partial charge in [-0.1, -0.05) is 0 Å². The van der Waals surface area contributed by atoms with Crippen molar-refractivity contribution in [2.45, 2.75) is 33.2 Å². The summed E-state index contributed by atoms with van der Waals surface area (Å²) in [7, 11) is 4.37. The molecule has 1 aliphatic rings. The molecule has 0 amide bonds. The molecular formula is C15H27N3. The lowest BCUT2D eigenvalue weighted by atomic mass is 9.97. The normalized spacial score (nSPS) is 18.4. The predicted molar refractivity (Wildman–Crippen MR) is 76.8 cm³/mol. The Morgan fingerprint density at radius 1 is 1.22 bits per heavy atom. The molecule has 1 fully saturated rings. The van der Waals surface area contributed by atoms with E-state index in [-0.39, 0.29) is 0 Å². The molecule has 0 aromatic carbocycles. The number of nitrogens with zero attached hydrogens (tertiary/aromatic N) is 2. The SMILES string of the molecule is Cc1cc(CNCC2CCN(C)CC2)c(C)n1C. The fourth-order valence-corrected chi connectivity index (χ4v) is 2.79. The molecule has 18 heavy (non-hydrogen) atoms. The summed E-state index contributed by atoms with van der Waals surface area (Å²) in [6.07, 6.45) is 2.69. The van der Waals surface area contributed by atoms with Crippen molar-refractivity contribution in [1.82, 2.24) is 14.8 Å². The Morgan fingerprint density at radius 2 is 1.89 bits per heavy atom. The number of aromatic nitrogens is 1. The minimum Gasteiger partial charge on any atom is -0.352 e. The van der Waals surface area contributed by atoms with Crippen LogP contribution in [0.25, 0.3) is 0 Å². The van der Waals surface area contributed by atoms with Gasteiger partial charge in [-0.05, 0) is 70.9 Å². The van der Waals surface area contributed by atoms with Crippen LogP contribution in [0, 0.1) is 19.8 Å². The summed E-state index contributed by atoms with van der Waals surface area (Å²) in [4.78, 5) is 2.43. The summed E-state index contributed by atoms with van der Waals surface area (Å²) in [6.45, 7) is 9.08. The van der Waals surface area contributed by atoms with Gasteiger partial charge in [0.1, 0.15) is 0 Å². The molecule has 102 valence electrons. The Balaban J connectivity index is 1.76. The van der Waals surface area contributed by atoms with E-state index in [9.17, 15) is 0 Å². The first-order valence-corrected chi connectivity index (χ1v) is 7.09. The zero-order chi connectivity index (χ0) is 13.1. The molecule has 1 aromatic rings. The molecule has 1 aliphatic heterocycles. The first-order chi connectivity index (χ1) is 8.58. The van der Waals surface area contributed by atoms with Gasteiger partial charge in [-0.15, -0.1) is 0 Å². The van der Waals surface area contributed by atoms with Crippen LogP contribution in [0.3, 0.4) is 0 Å². The molecule has 0 radical (unpaired) electrons. The van der Waals surface area contributed by atoms with Crippen molar-refractivity contribution < 1.29 is 0 Å². The Morgan fingerprint density at radius 3 is 2.44 bits per heavy atom. The maximum atomic E-state index is 3.64. The van der Waals surface area contributed by atoms with E-state index < -0.39 is 0 Å². The van der Waals surface area contributed by atoms with Gasteiger partial charge in [0.15, 0.2) is 0 Å². The van der Waals surface area contributed by atoms with Crippen molar-refractivity contribution in [3.8, 4) is 0 Å². The van der Waals surface area contributed by atoms with Crippen LogP contribution in [0.2, 0.25) is 0 Å². The Hall–Kier alpha value is -0.800. The number of hydrogen-bond donors (Lipinski definition) is 1. The van der Waals surface area contributed by atoms with Gasteiger partial charge < -0.3 is 14.8 Å². The van der Waals surface area contributed by atoms with Crippen LogP contribution in [0.5, 0.6) is 0 Å². The van der Waals surface area contributed by atoms with Crippen LogP contribution < -0.4 is 5.32 Å². The fraction of sp³-hybridized carbons (Fsp3) is 0.733. The molecule has 2 rings (SSSR count). The van der Waals surface area contributed by atoms with Crippen LogP contribution in [-0.2, 0) is 13.6 Å². The monoisotopic (exact) mass is 249 g/mol. The van der Waals surface area contributed by atoms with Gasteiger partial charge in [-0.25, -0.2) is 0 Å². The molecule has 0 aliphatic carbocycles. The van der Waals surface area contributed by atoms with Gasteiger partial charge >= 0.3 is 0 Å². The lowest BCUT2D eigenvalue weighted by molar-refractivity contribution is 0.216. The van der Waals surface area contributed by atoms with Crippen molar-refractivity contribution in [3.05, 3.63) is 23.0 Å². The van der Waals surface area contributed by atoms with E-state index in [2.05, 4.69) is 48.8 Å². The zero-order valence-electron chi connectivity index (χ0n) is 12.3. The third-order valence-corrected chi connectivity index (χ3v) is 4.47. The van der Waals surface area contributed by atoms with E-state index in [1.54, 1.807) is 0 Å².